The lowest BCUT2D eigenvalue weighted by molar-refractivity contribution is 0.628. The van der Waals surface area contributed by atoms with Gasteiger partial charge in [-0.25, -0.2) is 4.39 Å². The van der Waals surface area contributed by atoms with Crippen molar-refractivity contribution < 1.29 is 4.39 Å². The second-order valence-corrected chi connectivity index (χ2v) is 5.86. The topological polar surface area (TPSA) is 0 Å². The van der Waals surface area contributed by atoms with E-state index in [1.165, 1.54) is 47.7 Å². The Bertz CT molecular complexity index is 756. The van der Waals surface area contributed by atoms with E-state index in [0.717, 1.165) is 17.5 Å². The van der Waals surface area contributed by atoms with E-state index >= 15 is 0 Å². The first kappa shape index (κ1) is 14.8. The van der Waals surface area contributed by atoms with E-state index in [0.29, 0.717) is 0 Å². The average Bonchev–Trinajstić information content (AvgIpc) is 2.55. The van der Waals surface area contributed by atoms with Gasteiger partial charge in [-0.2, -0.15) is 0 Å². The summed E-state index contributed by atoms with van der Waals surface area (Å²) >= 11 is 0. The van der Waals surface area contributed by atoms with Gasteiger partial charge in [0, 0.05) is 0 Å². The van der Waals surface area contributed by atoms with Crippen LogP contribution in [0.2, 0.25) is 0 Å². The third-order valence-electron chi connectivity index (χ3n) is 4.15. The summed E-state index contributed by atoms with van der Waals surface area (Å²) in [6.45, 7) is 2.23. The van der Waals surface area contributed by atoms with Gasteiger partial charge in [0.25, 0.3) is 0 Å². The van der Waals surface area contributed by atoms with Gasteiger partial charge in [0.15, 0.2) is 0 Å². The minimum atomic E-state index is -0.193. The minimum absolute atomic E-state index is 0.193. The highest BCUT2D eigenvalue weighted by Gasteiger charge is 2.02. The molecule has 0 spiro atoms. The normalized spacial score (nSPS) is 11.0. The smallest absolute Gasteiger partial charge is 0.123 e. The van der Waals surface area contributed by atoms with E-state index in [1.807, 2.05) is 12.1 Å². The Labute approximate surface area is 131 Å². The number of rotatable bonds is 5. The fraction of sp³-hybridized carbons (Fsp3) is 0.238. The number of hydrogen-bond donors (Lipinski definition) is 0. The first-order valence-electron chi connectivity index (χ1n) is 8.05. The van der Waals surface area contributed by atoms with E-state index in [9.17, 15) is 4.39 Å². The molecule has 0 amide bonds. The van der Waals surface area contributed by atoms with Crippen molar-refractivity contribution in [2.75, 3.05) is 0 Å². The van der Waals surface area contributed by atoms with E-state index in [2.05, 4.69) is 43.3 Å². The molecule has 0 nitrogen and oxygen atoms in total. The Morgan fingerprint density at radius 3 is 2.18 bits per heavy atom. The third-order valence-corrected chi connectivity index (χ3v) is 4.15. The molecule has 0 fully saturated rings. The van der Waals surface area contributed by atoms with Crippen LogP contribution in [-0.4, -0.2) is 0 Å². The van der Waals surface area contributed by atoms with Crippen molar-refractivity contribution >= 4 is 10.8 Å². The van der Waals surface area contributed by atoms with Crippen molar-refractivity contribution in [1.29, 1.82) is 0 Å². The Kier molecular flexibility index (Phi) is 4.53. The van der Waals surface area contributed by atoms with Crippen molar-refractivity contribution in [3.8, 4) is 11.1 Å². The molecule has 0 aromatic heterocycles. The van der Waals surface area contributed by atoms with Gasteiger partial charge >= 0.3 is 0 Å². The average molecular weight is 292 g/mol. The second kappa shape index (κ2) is 6.74. The van der Waals surface area contributed by atoms with Crippen LogP contribution >= 0.6 is 0 Å². The van der Waals surface area contributed by atoms with Gasteiger partial charge in [-0.1, -0.05) is 62.2 Å². The number of unbranched alkanes of at least 4 members (excludes halogenated alkanes) is 2. The fourth-order valence-corrected chi connectivity index (χ4v) is 2.85. The molecule has 3 aromatic rings. The van der Waals surface area contributed by atoms with Gasteiger partial charge in [0.1, 0.15) is 5.82 Å². The van der Waals surface area contributed by atoms with Crippen LogP contribution in [0.1, 0.15) is 31.7 Å². The summed E-state index contributed by atoms with van der Waals surface area (Å²) in [4.78, 5) is 0. The summed E-state index contributed by atoms with van der Waals surface area (Å²) in [5.41, 5.74) is 3.59. The summed E-state index contributed by atoms with van der Waals surface area (Å²) in [6, 6.07) is 19.9. The number of fused-ring (bicyclic) bond motifs is 1. The molecule has 0 atom stereocenters. The molecule has 0 heterocycles. The first-order chi connectivity index (χ1) is 10.8. The SMILES string of the molecule is CCCCCc1ccc2cc(-c3ccc(F)cc3)ccc2c1. The molecule has 112 valence electrons. The van der Waals surface area contributed by atoms with Crippen molar-refractivity contribution in [3.05, 3.63) is 72.0 Å². The fourth-order valence-electron chi connectivity index (χ4n) is 2.85. The number of benzene rings is 3. The standard InChI is InChI=1S/C21H21F/c1-2-3-4-5-16-6-7-20-15-19(9-8-18(20)14-16)17-10-12-21(22)13-11-17/h6-15H,2-5H2,1H3. The maximum atomic E-state index is 13.0. The first-order valence-corrected chi connectivity index (χ1v) is 8.05. The highest BCUT2D eigenvalue weighted by atomic mass is 19.1. The zero-order valence-electron chi connectivity index (χ0n) is 13.0. The summed E-state index contributed by atoms with van der Waals surface area (Å²) < 4.78 is 13.0. The van der Waals surface area contributed by atoms with Gasteiger partial charge < -0.3 is 0 Å². The molecule has 0 aliphatic carbocycles. The molecule has 0 N–H and O–H groups in total. The molecule has 0 bridgehead atoms. The highest BCUT2D eigenvalue weighted by molar-refractivity contribution is 5.87. The molecule has 22 heavy (non-hydrogen) atoms. The number of halogens is 1. The van der Waals surface area contributed by atoms with Crippen LogP contribution < -0.4 is 0 Å². The lowest BCUT2D eigenvalue weighted by Crippen LogP contribution is -1.86. The molecule has 0 saturated heterocycles. The molecule has 3 rings (SSSR count). The van der Waals surface area contributed by atoms with Crippen molar-refractivity contribution in [3.63, 3.8) is 0 Å². The van der Waals surface area contributed by atoms with Gasteiger partial charge in [-0.15, -0.1) is 0 Å². The van der Waals surface area contributed by atoms with Crippen LogP contribution in [0.3, 0.4) is 0 Å². The van der Waals surface area contributed by atoms with Crippen LogP contribution in [-0.2, 0) is 6.42 Å². The molecule has 0 unspecified atom stereocenters. The third kappa shape index (κ3) is 3.36. The lowest BCUT2D eigenvalue weighted by Gasteiger charge is -2.07. The molecule has 0 saturated carbocycles. The molecule has 0 radical (unpaired) electrons. The summed E-state index contributed by atoms with van der Waals surface area (Å²) in [6.07, 6.45) is 4.97. The zero-order valence-corrected chi connectivity index (χ0v) is 13.0. The van der Waals surface area contributed by atoms with Crippen LogP contribution in [0.4, 0.5) is 4.39 Å². The van der Waals surface area contributed by atoms with Gasteiger partial charge in [0.2, 0.25) is 0 Å². The number of aryl methyl sites for hydroxylation is 1. The minimum Gasteiger partial charge on any atom is -0.207 e. The Hall–Kier alpha value is -2.15. The Morgan fingerprint density at radius 2 is 1.41 bits per heavy atom. The number of hydrogen-bond acceptors (Lipinski definition) is 0. The van der Waals surface area contributed by atoms with Gasteiger partial charge in [0.05, 0.1) is 0 Å². The predicted molar refractivity (Wildman–Crippen MR) is 92.6 cm³/mol. The van der Waals surface area contributed by atoms with E-state index in [4.69, 9.17) is 0 Å². The summed E-state index contributed by atoms with van der Waals surface area (Å²) in [5, 5.41) is 2.51. The Balaban J connectivity index is 1.87. The second-order valence-electron chi connectivity index (χ2n) is 5.86. The lowest BCUT2D eigenvalue weighted by atomic mass is 9.98. The largest absolute Gasteiger partial charge is 0.207 e. The van der Waals surface area contributed by atoms with Crippen molar-refractivity contribution in [2.45, 2.75) is 32.6 Å². The molecule has 1 heteroatoms. The van der Waals surface area contributed by atoms with E-state index < -0.39 is 0 Å². The zero-order chi connectivity index (χ0) is 15.4. The monoisotopic (exact) mass is 292 g/mol. The highest BCUT2D eigenvalue weighted by Crippen LogP contribution is 2.25. The van der Waals surface area contributed by atoms with Gasteiger partial charge in [-0.3, -0.25) is 0 Å². The van der Waals surface area contributed by atoms with Crippen LogP contribution in [0.25, 0.3) is 21.9 Å². The Morgan fingerprint density at radius 1 is 0.727 bits per heavy atom. The predicted octanol–water partition coefficient (Wildman–Crippen LogP) is 6.38. The molecular weight excluding hydrogens is 271 g/mol. The maximum absolute atomic E-state index is 13.0. The van der Waals surface area contributed by atoms with Crippen LogP contribution in [0.15, 0.2) is 60.7 Å². The quantitative estimate of drug-likeness (QED) is 0.479. The maximum Gasteiger partial charge on any atom is 0.123 e. The summed E-state index contributed by atoms with van der Waals surface area (Å²) in [5.74, 6) is -0.193. The van der Waals surface area contributed by atoms with Crippen LogP contribution in [0.5, 0.6) is 0 Å². The van der Waals surface area contributed by atoms with Crippen LogP contribution in [0, 0.1) is 5.82 Å². The van der Waals surface area contributed by atoms with E-state index in [-0.39, 0.29) is 5.82 Å². The molecule has 3 aromatic carbocycles. The summed E-state index contributed by atoms with van der Waals surface area (Å²) in [7, 11) is 0. The van der Waals surface area contributed by atoms with Crippen molar-refractivity contribution in [2.24, 2.45) is 0 Å². The van der Waals surface area contributed by atoms with Gasteiger partial charge in [-0.05, 0) is 58.5 Å². The molecule has 0 aliphatic heterocycles. The molecular formula is C21H21F. The molecule has 0 aliphatic rings. The van der Waals surface area contributed by atoms with E-state index in [1.54, 1.807) is 0 Å². The van der Waals surface area contributed by atoms with Crippen molar-refractivity contribution in [1.82, 2.24) is 0 Å².